The normalized spacial score (nSPS) is 10.9. The molecule has 0 aliphatic carbocycles. The quantitative estimate of drug-likeness (QED) is 0.846. The highest BCUT2D eigenvalue weighted by molar-refractivity contribution is 5.31. The molecule has 2 aromatic rings. The number of nitrogen functional groups attached to an aromatic ring is 1. The molecule has 0 amide bonds. The van der Waals surface area contributed by atoms with E-state index in [1.807, 2.05) is 30.1 Å². The molecule has 2 N–H and O–H groups in total. The topological polar surface area (TPSA) is 61.7 Å². The van der Waals surface area contributed by atoms with E-state index in [2.05, 4.69) is 17.1 Å². The predicted molar refractivity (Wildman–Crippen MR) is 63.0 cm³/mol. The number of rotatable bonds is 4. The van der Waals surface area contributed by atoms with Gasteiger partial charge in [0, 0.05) is 24.4 Å². The van der Waals surface area contributed by atoms with E-state index < -0.39 is 0 Å². The Balaban J connectivity index is 2.11. The number of hydrogen-bond acceptors (Lipinski definition) is 3. The van der Waals surface area contributed by atoms with Crippen molar-refractivity contribution >= 4 is 5.82 Å². The molecule has 0 saturated heterocycles. The zero-order valence-corrected chi connectivity index (χ0v) is 9.72. The summed E-state index contributed by atoms with van der Waals surface area (Å²) in [6.07, 6.45) is 5.00. The fraction of sp³-hybridized carbons (Fsp3) is 0.455. The van der Waals surface area contributed by atoms with Crippen LogP contribution in [-0.2, 0) is 13.1 Å². The van der Waals surface area contributed by atoms with Crippen LogP contribution in [0.2, 0.25) is 0 Å². The number of hydrogen-bond donors (Lipinski definition) is 1. The highest BCUT2D eigenvalue weighted by Gasteiger charge is 2.04. The first-order chi connectivity index (χ1) is 7.69. The lowest BCUT2D eigenvalue weighted by Crippen LogP contribution is -2.05. The lowest BCUT2D eigenvalue weighted by atomic mass is 10.3. The molecule has 5 heteroatoms. The first-order valence-electron chi connectivity index (χ1n) is 5.50. The second kappa shape index (κ2) is 4.38. The smallest absolute Gasteiger partial charge is 0.122 e. The van der Waals surface area contributed by atoms with Crippen molar-refractivity contribution in [2.24, 2.45) is 0 Å². The Morgan fingerprint density at radius 2 is 2.25 bits per heavy atom. The van der Waals surface area contributed by atoms with E-state index >= 15 is 0 Å². The lowest BCUT2D eigenvalue weighted by Gasteiger charge is -2.00. The summed E-state index contributed by atoms with van der Waals surface area (Å²) in [6.45, 7) is 5.71. The number of nitrogens with zero attached hydrogens (tertiary/aromatic N) is 4. The van der Waals surface area contributed by atoms with E-state index in [-0.39, 0.29) is 0 Å². The van der Waals surface area contributed by atoms with Crippen molar-refractivity contribution in [3.05, 3.63) is 29.7 Å². The molecule has 86 valence electrons. The Hall–Kier alpha value is -1.78. The zero-order chi connectivity index (χ0) is 11.5. The molecule has 0 unspecified atom stereocenters. The molecule has 0 aromatic carbocycles. The van der Waals surface area contributed by atoms with Crippen molar-refractivity contribution in [2.45, 2.75) is 33.4 Å². The van der Waals surface area contributed by atoms with Gasteiger partial charge in [-0.15, -0.1) is 0 Å². The molecule has 16 heavy (non-hydrogen) atoms. The van der Waals surface area contributed by atoms with Gasteiger partial charge in [0.05, 0.1) is 18.4 Å². The Kier molecular flexibility index (Phi) is 2.94. The van der Waals surface area contributed by atoms with Crippen molar-refractivity contribution in [1.29, 1.82) is 0 Å². The van der Waals surface area contributed by atoms with Crippen LogP contribution in [0.5, 0.6) is 0 Å². The molecule has 2 heterocycles. The van der Waals surface area contributed by atoms with Crippen LogP contribution in [-0.4, -0.2) is 19.6 Å². The van der Waals surface area contributed by atoms with Gasteiger partial charge in [0.2, 0.25) is 0 Å². The second-order valence-electron chi connectivity index (χ2n) is 3.98. The first kappa shape index (κ1) is 10.7. The van der Waals surface area contributed by atoms with Gasteiger partial charge in [0.25, 0.3) is 0 Å². The van der Waals surface area contributed by atoms with Crippen LogP contribution < -0.4 is 5.73 Å². The maximum atomic E-state index is 5.83. The van der Waals surface area contributed by atoms with Gasteiger partial charge in [-0.2, -0.15) is 10.2 Å². The van der Waals surface area contributed by atoms with E-state index in [1.54, 1.807) is 4.68 Å². The van der Waals surface area contributed by atoms with Crippen LogP contribution in [0.4, 0.5) is 5.82 Å². The zero-order valence-electron chi connectivity index (χ0n) is 9.72. The summed E-state index contributed by atoms with van der Waals surface area (Å²) < 4.78 is 3.74. The molecule has 0 saturated carbocycles. The van der Waals surface area contributed by atoms with Gasteiger partial charge in [-0.1, -0.05) is 6.92 Å². The molecular weight excluding hydrogens is 202 g/mol. The predicted octanol–water partition coefficient (Wildman–Crippen LogP) is 1.43. The minimum atomic E-state index is 0.684. The van der Waals surface area contributed by atoms with Gasteiger partial charge in [-0.05, 0) is 13.3 Å². The lowest BCUT2D eigenvalue weighted by molar-refractivity contribution is 0.601. The summed E-state index contributed by atoms with van der Waals surface area (Å²) in [5.41, 5.74) is 7.90. The third-order valence-electron chi connectivity index (χ3n) is 2.41. The Morgan fingerprint density at radius 3 is 2.88 bits per heavy atom. The summed E-state index contributed by atoms with van der Waals surface area (Å²) in [4.78, 5) is 0. The average molecular weight is 219 g/mol. The average Bonchev–Trinajstić information content (AvgIpc) is 2.76. The maximum Gasteiger partial charge on any atom is 0.122 e. The van der Waals surface area contributed by atoms with Crippen molar-refractivity contribution < 1.29 is 0 Å². The van der Waals surface area contributed by atoms with Crippen LogP contribution in [0, 0.1) is 6.92 Å². The van der Waals surface area contributed by atoms with Crippen molar-refractivity contribution in [2.75, 3.05) is 5.73 Å². The summed E-state index contributed by atoms with van der Waals surface area (Å²) >= 11 is 0. The highest BCUT2D eigenvalue weighted by Crippen LogP contribution is 2.09. The van der Waals surface area contributed by atoms with E-state index in [0.717, 1.165) is 24.2 Å². The molecule has 2 rings (SSSR count). The molecule has 5 nitrogen and oxygen atoms in total. The molecule has 0 radical (unpaired) electrons. The van der Waals surface area contributed by atoms with Gasteiger partial charge in [-0.3, -0.25) is 4.68 Å². The molecule has 0 aliphatic heterocycles. The fourth-order valence-corrected chi connectivity index (χ4v) is 1.70. The highest BCUT2D eigenvalue weighted by atomic mass is 15.3. The number of aryl methyl sites for hydroxylation is 2. The summed E-state index contributed by atoms with van der Waals surface area (Å²) in [7, 11) is 0. The molecule has 0 atom stereocenters. The van der Waals surface area contributed by atoms with E-state index in [4.69, 9.17) is 5.73 Å². The van der Waals surface area contributed by atoms with E-state index in [1.165, 1.54) is 0 Å². The van der Waals surface area contributed by atoms with Crippen molar-refractivity contribution in [3.63, 3.8) is 0 Å². The Morgan fingerprint density at radius 1 is 1.44 bits per heavy atom. The van der Waals surface area contributed by atoms with Crippen LogP contribution >= 0.6 is 0 Å². The standard InChI is InChI=1S/C11H17N5/c1-3-4-15-7-10(6-13-15)8-16-11(12)5-9(2)14-16/h5-7H,3-4,8,12H2,1-2H3. The largest absolute Gasteiger partial charge is 0.384 e. The van der Waals surface area contributed by atoms with Gasteiger partial charge in [0.15, 0.2) is 0 Å². The molecule has 0 spiro atoms. The minimum Gasteiger partial charge on any atom is -0.384 e. The third-order valence-corrected chi connectivity index (χ3v) is 2.41. The third kappa shape index (κ3) is 2.24. The molecule has 0 aliphatic rings. The van der Waals surface area contributed by atoms with Crippen molar-refractivity contribution in [1.82, 2.24) is 19.6 Å². The maximum absolute atomic E-state index is 5.83. The number of nitrogens with two attached hydrogens (primary N) is 1. The van der Waals surface area contributed by atoms with Crippen molar-refractivity contribution in [3.8, 4) is 0 Å². The van der Waals surface area contributed by atoms with Gasteiger partial charge >= 0.3 is 0 Å². The van der Waals surface area contributed by atoms with Crippen LogP contribution in [0.25, 0.3) is 0 Å². The Labute approximate surface area is 94.9 Å². The van der Waals surface area contributed by atoms with Crippen LogP contribution in [0.15, 0.2) is 18.5 Å². The second-order valence-corrected chi connectivity index (χ2v) is 3.98. The van der Waals surface area contributed by atoms with E-state index in [9.17, 15) is 0 Å². The molecule has 0 fully saturated rings. The SMILES string of the molecule is CCCn1cc(Cn2nc(C)cc2N)cn1. The molecule has 0 bridgehead atoms. The van der Waals surface area contributed by atoms with Gasteiger partial charge in [-0.25, -0.2) is 4.68 Å². The number of aromatic nitrogens is 4. The molecule has 2 aromatic heterocycles. The van der Waals surface area contributed by atoms with Crippen LogP contribution in [0.1, 0.15) is 24.6 Å². The van der Waals surface area contributed by atoms with Crippen LogP contribution in [0.3, 0.4) is 0 Å². The van der Waals surface area contributed by atoms with Gasteiger partial charge in [0.1, 0.15) is 5.82 Å². The Bertz CT molecular complexity index is 468. The summed E-state index contributed by atoms with van der Waals surface area (Å²) in [5.74, 6) is 0.695. The number of anilines is 1. The minimum absolute atomic E-state index is 0.684. The summed E-state index contributed by atoms with van der Waals surface area (Å²) in [5, 5.41) is 8.59. The fourth-order valence-electron chi connectivity index (χ4n) is 1.70. The first-order valence-corrected chi connectivity index (χ1v) is 5.50. The van der Waals surface area contributed by atoms with E-state index in [0.29, 0.717) is 12.4 Å². The summed E-state index contributed by atoms with van der Waals surface area (Å²) in [6, 6.07) is 1.87. The monoisotopic (exact) mass is 219 g/mol. The van der Waals surface area contributed by atoms with Gasteiger partial charge < -0.3 is 5.73 Å². The molecular formula is C11H17N5.